The molecule has 2 rings (SSSR count). The van der Waals surface area contributed by atoms with Gasteiger partial charge in [0.05, 0.1) is 6.54 Å². The lowest BCUT2D eigenvalue weighted by molar-refractivity contribution is -0.127. The predicted octanol–water partition coefficient (Wildman–Crippen LogP) is 3.78. The lowest BCUT2D eigenvalue weighted by atomic mass is 9.89. The number of ether oxygens (including phenoxy) is 1. The molecule has 2 nitrogen and oxygen atoms in total. The minimum absolute atomic E-state index is 0.431. The highest BCUT2D eigenvalue weighted by Crippen LogP contribution is 2.39. The van der Waals surface area contributed by atoms with Gasteiger partial charge in [0.2, 0.25) is 0 Å². The molecule has 0 radical (unpaired) electrons. The smallest absolute Gasteiger partial charge is 0.319 e. The topological polar surface area (TPSA) is 21.3 Å². The second-order valence-corrected chi connectivity index (χ2v) is 5.60. The summed E-state index contributed by atoms with van der Waals surface area (Å²) >= 11 is 0. The summed E-state index contributed by atoms with van der Waals surface area (Å²) in [6.07, 6.45) is -3.23. The Morgan fingerprint density at radius 1 is 1.35 bits per heavy atom. The van der Waals surface area contributed by atoms with Crippen molar-refractivity contribution in [3.8, 4) is 5.75 Å². The highest BCUT2D eigenvalue weighted by Gasteiger charge is 2.42. The predicted molar refractivity (Wildman–Crippen MR) is 67.5 cm³/mol. The first-order chi connectivity index (χ1) is 9.21. The largest absolute Gasteiger partial charge is 0.487 e. The Balaban J connectivity index is 2.16. The summed E-state index contributed by atoms with van der Waals surface area (Å²) < 4.78 is 56.2. The molecule has 0 fully saturated rings. The molecule has 1 aromatic rings. The van der Waals surface area contributed by atoms with Gasteiger partial charge in [-0.2, -0.15) is 8.78 Å². The zero-order chi connectivity index (χ0) is 15.0. The van der Waals surface area contributed by atoms with Crippen molar-refractivity contribution in [3.05, 3.63) is 29.8 Å². The SMILES string of the molecule is CC1(C)CC(NCC(F)(F)C(F)F)c2ccccc2O1. The van der Waals surface area contributed by atoms with Crippen molar-refractivity contribution in [1.82, 2.24) is 5.32 Å². The molecule has 1 aliphatic heterocycles. The van der Waals surface area contributed by atoms with E-state index in [2.05, 4.69) is 5.32 Å². The van der Waals surface area contributed by atoms with Crippen molar-refractivity contribution in [2.75, 3.05) is 6.54 Å². The number of para-hydroxylation sites is 1. The number of rotatable bonds is 4. The van der Waals surface area contributed by atoms with Crippen molar-refractivity contribution in [2.45, 2.75) is 44.3 Å². The molecular formula is C14H17F4NO. The third-order valence-corrected chi connectivity index (χ3v) is 3.28. The van der Waals surface area contributed by atoms with Gasteiger partial charge in [-0.25, -0.2) is 8.78 Å². The van der Waals surface area contributed by atoms with Crippen LogP contribution < -0.4 is 10.1 Å². The Morgan fingerprint density at radius 3 is 2.65 bits per heavy atom. The van der Waals surface area contributed by atoms with Crippen molar-refractivity contribution in [1.29, 1.82) is 0 Å². The highest BCUT2D eigenvalue weighted by molar-refractivity contribution is 5.38. The van der Waals surface area contributed by atoms with Gasteiger partial charge in [-0.3, -0.25) is 0 Å². The molecule has 0 spiro atoms. The second-order valence-electron chi connectivity index (χ2n) is 5.60. The third kappa shape index (κ3) is 3.23. The molecule has 1 heterocycles. The molecule has 1 aromatic carbocycles. The van der Waals surface area contributed by atoms with Crippen molar-refractivity contribution < 1.29 is 22.3 Å². The number of fused-ring (bicyclic) bond motifs is 1. The first kappa shape index (κ1) is 15.1. The first-order valence-corrected chi connectivity index (χ1v) is 6.38. The standard InChI is InChI=1S/C14H17F4NO/c1-13(2)7-10(19-8-14(17,18)12(15)16)9-5-3-4-6-11(9)20-13/h3-6,10,12,19H,7-8H2,1-2H3. The third-order valence-electron chi connectivity index (χ3n) is 3.28. The zero-order valence-electron chi connectivity index (χ0n) is 11.3. The molecule has 0 saturated carbocycles. The van der Waals surface area contributed by atoms with Crippen LogP contribution in [-0.2, 0) is 0 Å². The van der Waals surface area contributed by atoms with Crippen LogP contribution in [0, 0.1) is 0 Å². The van der Waals surface area contributed by atoms with Crippen LogP contribution in [0.25, 0.3) is 0 Å². The summed E-state index contributed by atoms with van der Waals surface area (Å²) in [7, 11) is 0. The van der Waals surface area contributed by atoms with Crippen molar-refractivity contribution in [2.24, 2.45) is 0 Å². The molecule has 1 aliphatic rings. The molecule has 0 amide bonds. The van der Waals surface area contributed by atoms with E-state index in [0.717, 1.165) is 5.56 Å². The van der Waals surface area contributed by atoms with E-state index < -0.39 is 30.5 Å². The molecule has 1 atom stereocenters. The van der Waals surface area contributed by atoms with Crippen LogP contribution in [0.5, 0.6) is 5.75 Å². The Labute approximate surface area is 115 Å². The van der Waals surface area contributed by atoms with Crippen LogP contribution >= 0.6 is 0 Å². The Hall–Kier alpha value is -1.30. The summed E-state index contributed by atoms with van der Waals surface area (Å²) in [4.78, 5) is 0. The van der Waals surface area contributed by atoms with E-state index >= 15 is 0 Å². The van der Waals surface area contributed by atoms with E-state index in [-0.39, 0.29) is 0 Å². The minimum atomic E-state index is -4.03. The quantitative estimate of drug-likeness (QED) is 0.852. The maximum absolute atomic E-state index is 13.0. The molecule has 1 unspecified atom stereocenters. The monoisotopic (exact) mass is 291 g/mol. The van der Waals surface area contributed by atoms with Gasteiger partial charge >= 0.3 is 12.3 Å². The van der Waals surface area contributed by atoms with Gasteiger partial charge in [-0.1, -0.05) is 18.2 Å². The molecule has 0 aromatic heterocycles. The van der Waals surface area contributed by atoms with E-state index in [4.69, 9.17) is 4.74 Å². The molecule has 0 bridgehead atoms. The van der Waals surface area contributed by atoms with Crippen LogP contribution in [0.2, 0.25) is 0 Å². The van der Waals surface area contributed by atoms with Gasteiger partial charge < -0.3 is 10.1 Å². The summed E-state index contributed by atoms with van der Waals surface area (Å²) in [6, 6.07) is 6.62. The molecule has 1 N–H and O–H groups in total. The van der Waals surface area contributed by atoms with Crippen molar-refractivity contribution >= 4 is 0 Å². The van der Waals surface area contributed by atoms with Gasteiger partial charge in [-0.15, -0.1) is 0 Å². The summed E-state index contributed by atoms with van der Waals surface area (Å²) in [5.74, 6) is -3.43. The lowest BCUT2D eigenvalue weighted by Crippen LogP contribution is -2.44. The molecule has 20 heavy (non-hydrogen) atoms. The van der Waals surface area contributed by atoms with E-state index in [0.29, 0.717) is 12.2 Å². The number of benzene rings is 1. The first-order valence-electron chi connectivity index (χ1n) is 6.38. The summed E-state index contributed by atoms with van der Waals surface area (Å²) in [6.45, 7) is 2.62. The number of alkyl halides is 4. The fourth-order valence-electron chi connectivity index (χ4n) is 2.32. The molecular weight excluding hydrogens is 274 g/mol. The average molecular weight is 291 g/mol. The van der Waals surface area contributed by atoms with Crippen LogP contribution in [0.15, 0.2) is 24.3 Å². The highest BCUT2D eigenvalue weighted by atomic mass is 19.3. The van der Waals surface area contributed by atoms with Crippen LogP contribution in [-0.4, -0.2) is 24.5 Å². The lowest BCUT2D eigenvalue weighted by Gasteiger charge is -2.38. The molecule has 0 aliphatic carbocycles. The summed E-state index contributed by atoms with van der Waals surface area (Å²) in [5, 5.41) is 2.55. The van der Waals surface area contributed by atoms with Gasteiger partial charge in [0.1, 0.15) is 11.4 Å². The van der Waals surface area contributed by atoms with Crippen molar-refractivity contribution in [3.63, 3.8) is 0 Å². The van der Waals surface area contributed by atoms with Crippen LogP contribution in [0.3, 0.4) is 0 Å². The van der Waals surface area contributed by atoms with Gasteiger partial charge in [-0.05, 0) is 19.9 Å². The maximum atomic E-state index is 13.0. The van der Waals surface area contributed by atoms with Gasteiger partial charge in [0, 0.05) is 18.0 Å². The Morgan fingerprint density at radius 2 is 2.00 bits per heavy atom. The number of halogens is 4. The average Bonchev–Trinajstić information content (AvgIpc) is 2.34. The fraction of sp³-hybridized carbons (Fsp3) is 0.571. The van der Waals surface area contributed by atoms with Crippen LogP contribution in [0.4, 0.5) is 17.6 Å². The summed E-state index contributed by atoms with van der Waals surface area (Å²) in [5.41, 5.74) is 0.184. The van der Waals surface area contributed by atoms with E-state index in [1.807, 2.05) is 13.8 Å². The number of hydrogen-bond acceptors (Lipinski definition) is 2. The second kappa shape index (κ2) is 5.24. The Kier molecular flexibility index (Phi) is 3.95. The minimum Gasteiger partial charge on any atom is -0.487 e. The molecule has 6 heteroatoms. The van der Waals surface area contributed by atoms with Gasteiger partial charge in [0.25, 0.3) is 0 Å². The molecule has 112 valence electrons. The van der Waals surface area contributed by atoms with E-state index in [1.54, 1.807) is 24.3 Å². The maximum Gasteiger partial charge on any atom is 0.319 e. The fourth-order valence-corrected chi connectivity index (χ4v) is 2.32. The van der Waals surface area contributed by atoms with Crippen LogP contribution in [0.1, 0.15) is 31.9 Å². The van der Waals surface area contributed by atoms with E-state index in [1.165, 1.54) is 0 Å². The van der Waals surface area contributed by atoms with E-state index in [9.17, 15) is 17.6 Å². The Bertz CT molecular complexity index is 476. The normalized spacial score (nSPS) is 21.4. The number of nitrogens with one attached hydrogen (secondary N) is 1. The zero-order valence-corrected chi connectivity index (χ0v) is 11.3. The van der Waals surface area contributed by atoms with Gasteiger partial charge in [0.15, 0.2) is 0 Å². The number of hydrogen-bond donors (Lipinski definition) is 1. The molecule has 0 saturated heterocycles.